The minimum atomic E-state index is -3.76. The summed E-state index contributed by atoms with van der Waals surface area (Å²) in [6.07, 6.45) is 0.810. The lowest BCUT2D eigenvalue weighted by atomic mass is 10.1. The van der Waals surface area contributed by atoms with Crippen molar-refractivity contribution in [3.63, 3.8) is 0 Å². The predicted octanol–water partition coefficient (Wildman–Crippen LogP) is 3.07. The van der Waals surface area contributed by atoms with Crippen molar-refractivity contribution in [2.45, 2.75) is 31.7 Å². The highest BCUT2D eigenvalue weighted by Crippen LogP contribution is 2.25. The molecule has 0 unspecified atom stereocenters. The maximum atomic E-state index is 13.8. The van der Waals surface area contributed by atoms with Crippen molar-refractivity contribution in [3.05, 3.63) is 63.0 Å². The highest BCUT2D eigenvalue weighted by molar-refractivity contribution is 7.89. The lowest BCUT2D eigenvalue weighted by Crippen LogP contribution is -2.50. The quantitative estimate of drug-likeness (QED) is 0.566. The van der Waals surface area contributed by atoms with E-state index in [-0.39, 0.29) is 47.4 Å². The van der Waals surface area contributed by atoms with Gasteiger partial charge in [0.15, 0.2) is 0 Å². The van der Waals surface area contributed by atoms with Crippen molar-refractivity contribution in [1.82, 2.24) is 13.8 Å². The summed E-state index contributed by atoms with van der Waals surface area (Å²) in [6.45, 7) is 4.93. The third-order valence-corrected chi connectivity index (χ3v) is 8.51. The zero-order valence-corrected chi connectivity index (χ0v) is 19.5. The van der Waals surface area contributed by atoms with Gasteiger partial charge in [0.2, 0.25) is 10.0 Å². The summed E-state index contributed by atoms with van der Waals surface area (Å²) >= 11 is 1.04. The molecular weight excluding hydrogens is 453 g/mol. The maximum Gasteiger partial charge on any atom is 0.308 e. The summed E-state index contributed by atoms with van der Waals surface area (Å²) in [5.74, 6) is -0.757. The van der Waals surface area contributed by atoms with E-state index in [4.69, 9.17) is 0 Å². The summed E-state index contributed by atoms with van der Waals surface area (Å²) in [7, 11) is -3.76. The predicted molar refractivity (Wildman–Crippen MR) is 122 cm³/mol. The fourth-order valence-corrected chi connectivity index (χ4v) is 6.31. The Bertz CT molecular complexity index is 1340. The van der Waals surface area contributed by atoms with E-state index in [0.717, 1.165) is 23.3 Å². The second-order valence-electron chi connectivity index (χ2n) is 7.81. The van der Waals surface area contributed by atoms with Crippen molar-refractivity contribution in [2.75, 3.05) is 26.2 Å². The molecule has 7 nitrogen and oxygen atoms in total. The lowest BCUT2D eigenvalue weighted by molar-refractivity contribution is 0.0697. The SMILES string of the molecule is CCCn1c(=O)sc2cc(S(=O)(=O)N3CCN(C(=O)c4ccc(C)c(F)c4)CC3)ccc21. The molecule has 1 amide bonds. The van der Waals surface area contributed by atoms with Gasteiger partial charge >= 0.3 is 4.87 Å². The van der Waals surface area contributed by atoms with E-state index in [1.54, 1.807) is 35.8 Å². The zero-order chi connectivity index (χ0) is 23.0. The van der Waals surface area contributed by atoms with E-state index >= 15 is 0 Å². The Labute approximate surface area is 189 Å². The Kier molecular flexibility index (Phi) is 6.19. The number of halogens is 1. The molecule has 10 heteroatoms. The van der Waals surface area contributed by atoms with Gasteiger partial charge in [-0.1, -0.05) is 24.3 Å². The molecule has 0 saturated carbocycles. The molecule has 1 aliphatic heterocycles. The van der Waals surface area contributed by atoms with E-state index in [1.165, 1.54) is 21.3 Å². The fraction of sp³-hybridized carbons (Fsp3) is 0.364. The number of carbonyl (C=O) groups is 1. The second-order valence-corrected chi connectivity index (χ2v) is 10.7. The number of aromatic nitrogens is 1. The summed E-state index contributed by atoms with van der Waals surface area (Å²) in [4.78, 5) is 26.5. The minimum Gasteiger partial charge on any atom is -0.336 e. The van der Waals surface area contributed by atoms with Crippen LogP contribution in [0.1, 0.15) is 29.3 Å². The average Bonchev–Trinajstić information content (AvgIpc) is 3.10. The molecule has 0 spiro atoms. The Hall–Kier alpha value is -2.56. The number of amides is 1. The molecule has 0 atom stereocenters. The van der Waals surface area contributed by atoms with Crippen LogP contribution in [0.5, 0.6) is 0 Å². The van der Waals surface area contributed by atoms with Crippen molar-refractivity contribution >= 4 is 37.5 Å². The summed E-state index contributed by atoms with van der Waals surface area (Å²) in [5.41, 5.74) is 1.45. The van der Waals surface area contributed by atoms with Crippen molar-refractivity contribution in [1.29, 1.82) is 0 Å². The molecular formula is C22H24FN3O4S2. The number of carbonyl (C=O) groups excluding carboxylic acids is 1. The van der Waals surface area contributed by atoms with Gasteiger partial charge in [-0.25, -0.2) is 12.8 Å². The van der Waals surface area contributed by atoms with E-state index in [0.29, 0.717) is 16.8 Å². The lowest BCUT2D eigenvalue weighted by Gasteiger charge is -2.34. The first-order valence-corrected chi connectivity index (χ1v) is 12.7. The molecule has 0 N–H and O–H groups in total. The van der Waals surface area contributed by atoms with Gasteiger partial charge in [0.05, 0.1) is 15.1 Å². The monoisotopic (exact) mass is 477 g/mol. The zero-order valence-electron chi connectivity index (χ0n) is 17.9. The van der Waals surface area contributed by atoms with E-state index in [1.807, 2.05) is 6.92 Å². The van der Waals surface area contributed by atoms with Crippen molar-refractivity contribution < 1.29 is 17.6 Å². The first-order chi connectivity index (χ1) is 15.2. The number of fused-ring (bicyclic) bond motifs is 1. The van der Waals surface area contributed by atoms with Crippen molar-refractivity contribution in [2.24, 2.45) is 0 Å². The molecule has 32 heavy (non-hydrogen) atoms. The van der Waals surface area contributed by atoms with Gasteiger partial charge in [-0.05, 0) is 49.2 Å². The highest BCUT2D eigenvalue weighted by Gasteiger charge is 2.31. The van der Waals surface area contributed by atoms with Gasteiger partial charge in [0, 0.05) is 38.3 Å². The number of hydrogen-bond acceptors (Lipinski definition) is 5. The first kappa shape index (κ1) is 22.6. The molecule has 1 saturated heterocycles. The van der Waals surface area contributed by atoms with Crippen LogP contribution in [-0.2, 0) is 16.6 Å². The Balaban J connectivity index is 1.50. The second kappa shape index (κ2) is 8.76. The smallest absolute Gasteiger partial charge is 0.308 e. The molecule has 0 bridgehead atoms. The largest absolute Gasteiger partial charge is 0.336 e. The van der Waals surface area contributed by atoms with Crippen LogP contribution < -0.4 is 4.87 Å². The van der Waals surface area contributed by atoms with Crippen LogP contribution in [0.25, 0.3) is 10.2 Å². The minimum absolute atomic E-state index is 0.101. The van der Waals surface area contributed by atoms with Gasteiger partial charge in [0.25, 0.3) is 5.91 Å². The third kappa shape index (κ3) is 4.10. The molecule has 4 rings (SSSR count). The van der Waals surface area contributed by atoms with Crippen LogP contribution in [-0.4, -0.2) is 54.3 Å². The highest BCUT2D eigenvalue weighted by atomic mass is 32.2. The Morgan fingerprint density at radius 2 is 1.81 bits per heavy atom. The summed E-state index contributed by atoms with van der Waals surface area (Å²) in [6, 6.07) is 9.11. The summed E-state index contributed by atoms with van der Waals surface area (Å²) in [5, 5.41) is 0. The van der Waals surface area contributed by atoms with Crippen LogP contribution in [0.2, 0.25) is 0 Å². The number of aryl methyl sites for hydroxylation is 2. The van der Waals surface area contributed by atoms with E-state index in [9.17, 15) is 22.4 Å². The number of rotatable bonds is 5. The van der Waals surface area contributed by atoms with Gasteiger partial charge in [-0.2, -0.15) is 4.31 Å². The third-order valence-electron chi connectivity index (χ3n) is 5.67. The Morgan fingerprint density at radius 1 is 1.09 bits per heavy atom. The first-order valence-electron chi connectivity index (χ1n) is 10.4. The Morgan fingerprint density at radius 3 is 2.47 bits per heavy atom. The standard InChI is InChI=1S/C22H24FN3O4S2/c1-3-8-26-19-7-6-17(14-20(19)31-22(26)28)32(29,30)25-11-9-24(10-12-25)21(27)16-5-4-15(2)18(23)13-16/h4-7,13-14H,3,8-12H2,1-2H3. The van der Waals surface area contributed by atoms with Gasteiger partial charge in [-0.3, -0.25) is 14.2 Å². The topological polar surface area (TPSA) is 79.7 Å². The molecule has 2 heterocycles. The molecule has 2 aromatic carbocycles. The normalized spacial score (nSPS) is 15.4. The number of hydrogen-bond donors (Lipinski definition) is 0. The molecule has 1 fully saturated rings. The van der Waals surface area contributed by atoms with Crippen LogP contribution in [0, 0.1) is 12.7 Å². The van der Waals surface area contributed by atoms with E-state index < -0.39 is 15.8 Å². The number of thiazole rings is 1. The van der Waals surface area contributed by atoms with Crippen LogP contribution >= 0.6 is 11.3 Å². The maximum absolute atomic E-state index is 13.8. The van der Waals surface area contributed by atoms with Crippen molar-refractivity contribution in [3.8, 4) is 0 Å². The van der Waals surface area contributed by atoms with Gasteiger partial charge in [-0.15, -0.1) is 0 Å². The molecule has 1 aromatic heterocycles. The fourth-order valence-electron chi connectivity index (χ4n) is 3.83. The summed E-state index contributed by atoms with van der Waals surface area (Å²) < 4.78 is 43.8. The number of sulfonamides is 1. The number of nitrogens with zero attached hydrogens (tertiary/aromatic N) is 3. The molecule has 3 aromatic rings. The van der Waals surface area contributed by atoms with Gasteiger partial charge < -0.3 is 4.90 Å². The molecule has 1 aliphatic rings. The number of piperazine rings is 1. The molecule has 170 valence electrons. The van der Waals surface area contributed by atoms with Crippen LogP contribution in [0.4, 0.5) is 4.39 Å². The van der Waals surface area contributed by atoms with E-state index in [2.05, 4.69) is 0 Å². The van der Waals surface area contributed by atoms with Gasteiger partial charge in [0.1, 0.15) is 5.82 Å². The number of benzene rings is 2. The average molecular weight is 478 g/mol. The van der Waals surface area contributed by atoms with Crippen LogP contribution in [0.3, 0.4) is 0 Å². The molecule has 0 aliphatic carbocycles. The van der Waals surface area contributed by atoms with Crippen LogP contribution in [0.15, 0.2) is 46.1 Å². The molecule has 0 radical (unpaired) electrons.